The van der Waals surface area contributed by atoms with Gasteiger partial charge < -0.3 is 35.9 Å². The Morgan fingerprint density at radius 2 is 1.73 bits per heavy atom. The van der Waals surface area contributed by atoms with E-state index in [1.165, 1.54) is 12.0 Å². The SMILES string of the molecule is COC(=O)C1Cc2c([nH]c3ccccc23)C(c2ccc(NC(=O)CCCCCNC(=O)CCCCC3SCC4NC(=O)NC43)cc2)N1C(=O)CCl. The summed E-state index contributed by atoms with van der Waals surface area (Å²) in [6, 6.07) is 14.0. The van der Waals surface area contributed by atoms with Crippen molar-refractivity contribution in [2.75, 3.05) is 30.6 Å². The van der Waals surface area contributed by atoms with E-state index in [2.05, 4.69) is 26.3 Å². The van der Waals surface area contributed by atoms with Crippen molar-refractivity contribution in [2.24, 2.45) is 0 Å². The topological polar surface area (TPSA) is 162 Å². The van der Waals surface area contributed by atoms with E-state index in [1.54, 1.807) is 12.1 Å². The van der Waals surface area contributed by atoms with E-state index < -0.39 is 18.1 Å². The molecule has 2 aromatic carbocycles. The highest BCUT2D eigenvalue weighted by molar-refractivity contribution is 8.00. The van der Waals surface area contributed by atoms with Crippen LogP contribution in [0.25, 0.3) is 10.9 Å². The van der Waals surface area contributed by atoms with Gasteiger partial charge in [0.1, 0.15) is 11.9 Å². The predicted molar refractivity (Wildman–Crippen MR) is 198 cm³/mol. The number of amides is 5. The Balaban J connectivity index is 0.944. The Bertz CT molecular complexity index is 1750. The highest BCUT2D eigenvalue weighted by Crippen LogP contribution is 2.41. The van der Waals surface area contributed by atoms with Crippen molar-refractivity contribution in [3.8, 4) is 0 Å². The van der Waals surface area contributed by atoms with Crippen LogP contribution in [0.3, 0.4) is 0 Å². The lowest BCUT2D eigenvalue weighted by atomic mass is 9.88. The summed E-state index contributed by atoms with van der Waals surface area (Å²) in [4.78, 5) is 67.7. The number of hydrogen-bond acceptors (Lipinski definition) is 7. The number of rotatable bonds is 15. The van der Waals surface area contributed by atoms with Crippen LogP contribution < -0.4 is 21.3 Å². The molecule has 0 saturated carbocycles. The molecule has 0 spiro atoms. The van der Waals surface area contributed by atoms with Gasteiger partial charge in [0, 0.05) is 59.1 Å². The molecule has 4 heterocycles. The summed E-state index contributed by atoms with van der Waals surface area (Å²) in [5.41, 5.74) is 4.06. The fourth-order valence-electron chi connectivity index (χ4n) is 7.48. The van der Waals surface area contributed by atoms with Gasteiger partial charge in [-0.25, -0.2) is 9.59 Å². The third-order valence-electron chi connectivity index (χ3n) is 10.0. The zero-order valence-electron chi connectivity index (χ0n) is 28.7. The van der Waals surface area contributed by atoms with E-state index in [4.69, 9.17) is 16.3 Å². The van der Waals surface area contributed by atoms with Crippen molar-refractivity contribution in [3.63, 3.8) is 0 Å². The minimum absolute atomic E-state index is 0.0499. The molecule has 6 rings (SSSR count). The molecule has 2 fully saturated rings. The number of aromatic nitrogens is 1. The summed E-state index contributed by atoms with van der Waals surface area (Å²) in [6.45, 7) is 0.584. The monoisotopic (exact) mass is 736 g/mol. The number of esters is 1. The van der Waals surface area contributed by atoms with E-state index in [0.717, 1.165) is 65.6 Å². The van der Waals surface area contributed by atoms with E-state index in [9.17, 15) is 24.0 Å². The first-order valence-corrected chi connectivity index (χ1v) is 19.2. The van der Waals surface area contributed by atoms with E-state index in [1.807, 2.05) is 48.2 Å². The molecule has 0 bridgehead atoms. The summed E-state index contributed by atoms with van der Waals surface area (Å²) in [7, 11) is 1.31. The number of unbranched alkanes of at least 4 members (excludes halogenated alkanes) is 3. The van der Waals surface area contributed by atoms with Gasteiger partial charge in [-0.2, -0.15) is 11.8 Å². The largest absolute Gasteiger partial charge is 0.467 e. The van der Waals surface area contributed by atoms with Crippen molar-refractivity contribution in [1.29, 1.82) is 0 Å². The number of para-hydroxylation sites is 1. The molecule has 51 heavy (non-hydrogen) atoms. The van der Waals surface area contributed by atoms with Crippen molar-refractivity contribution in [1.82, 2.24) is 25.8 Å². The van der Waals surface area contributed by atoms with Crippen LogP contribution in [0, 0.1) is 0 Å². The summed E-state index contributed by atoms with van der Waals surface area (Å²) in [5, 5.41) is 13.3. The summed E-state index contributed by atoms with van der Waals surface area (Å²) >= 11 is 7.94. The number of fused-ring (bicyclic) bond motifs is 4. The second kappa shape index (κ2) is 16.9. The zero-order chi connectivity index (χ0) is 35.9. The lowest BCUT2D eigenvalue weighted by molar-refractivity contribution is -0.154. The van der Waals surface area contributed by atoms with Crippen LogP contribution in [0.4, 0.5) is 10.5 Å². The van der Waals surface area contributed by atoms with Crippen LogP contribution in [0.15, 0.2) is 48.5 Å². The second-order valence-electron chi connectivity index (χ2n) is 13.3. The van der Waals surface area contributed by atoms with E-state index >= 15 is 0 Å². The van der Waals surface area contributed by atoms with Crippen molar-refractivity contribution >= 4 is 69.7 Å². The van der Waals surface area contributed by atoms with Crippen molar-refractivity contribution in [2.45, 2.75) is 87.2 Å². The average molecular weight is 737 g/mol. The number of H-pyrrole nitrogens is 1. The maximum absolute atomic E-state index is 13.2. The highest BCUT2D eigenvalue weighted by atomic mass is 35.5. The van der Waals surface area contributed by atoms with Crippen LogP contribution in [-0.4, -0.2) is 88.3 Å². The number of anilines is 1. The third-order valence-corrected chi connectivity index (χ3v) is 11.7. The van der Waals surface area contributed by atoms with E-state index in [-0.39, 0.29) is 41.7 Å². The molecule has 3 aliphatic rings. The van der Waals surface area contributed by atoms with Crippen molar-refractivity contribution in [3.05, 3.63) is 65.4 Å². The number of alkyl halides is 1. The smallest absolute Gasteiger partial charge is 0.328 e. The number of benzene rings is 2. The van der Waals surface area contributed by atoms with Gasteiger partial charge in [-0.1, -0.05) is 43.2 Å². The van der Waals surface area contributed by atoms with Crippen LogP contribution in [0.5, 0.6) is 0 Å². The number of methoxy groups -OCH3 is 1. The first kappa shape index (κ1) is 36.6. The second-order valence-corrected chi connectivity index (χ2v) is 14.9. The number of aromatic amines is 1. The first-order valence-electron chi connectivity index (χ1n) is 17.7. The van der Waals surface area contributed by atoms with Gasteiger partial charge in [-0.15, -0.1) is 11.6 Å². The standard InChI is InChI=1S/C37H45ClN6O6S/c1-50-36(48)28-19-25-24-9-4-5-10-26(24)41-33(25)35(44(28)32(47)20-38)22-14-16-23(17-15-22)40-31(46)13-3-2-8-18-39-30(45)12-7-6-11-29-34-27(21-51-29)42-37(49)43-34/h4-5,9-10,14-17,27-29,34-35,41H,2-3,6-8,11-13,18-21H2,1H3,(H,39,45)(H,40,46)(H2,42,43,49). The molecule has 2 saturated heterocycles. The zero-order valence-corrected chi connectivity index (χ0v) is 30.2. The fourth-order valence-corrected chi connectivity index (χ4v) is 9.16. The van der Waals surface area contributed by atoms with Gasteiger partial charge in [0.05, 0.1) is 25.2 Å². The minimum Gasteiger partial charge on any atom is -0.467 e. The molecule has 12 nitrogen and oxygen atoms in total. The Labute approximate surface area is 306 Å². The molecule has 5 N–H and O–H groups in total. The number of urea groups is 1. The van der Waals surface area contributed by atoms with Gasteiger partial charge in [-0.3, -0.25) is 14.4 Å². The maximum Gasteiger partial charge on any atom is 0.328 e. The van der Waals surface area contributed by atoms with Gasteiger partial charge in [0.2, 0.25) is 17.7 Å². The molecule has 5 unspecified atom stereocenters. The van der Waals surface area contributed by atoms with Gasteiger partial charge in [0.15, 0.2) is 0 Å². The quantitative estimate of drug-likeness (QED) is 0.0651. The van der Waals surface area contributed by atoms with Gasteiger partial charge in [-0.05, 0) is 55.0 Å². The number of carbonyl (C=O) groups is 5. The average Bonchev–Trinajstić information content (AvgIpc) is 3.82. The van der Waals surface area contributed by atoms with Gasteiger partial charge in [0.25, 0.3) is 0 Å². The first-order chi connectivity index (χ1) is 24.8. The van der Waals surface area contributed by atoms with E-state index in [0.29, 0.717) is 43.2 Å². The summed E-state index contributed by atoms with van der Waals surface area (Å²) in [5.74, 6) is -0.296. The van der Waals surface area contributed by atoms with Gasteiger partial charge >= 0.3 is 12.0 Å². The maximum atomic E-state index is 13.2. The fraction of sp³-hybridized carbons (Fsp3) is 0.486. The molecule has 5 atom stereocenters. The molecule has 272 valence electrons. The number of nitrogens with zero attached hydrogens (tertiary/aromatic N) is 1. The minimum atomic E-state index is -0.845. The molecule has 3 aromatic rings. The van der Waals surface area contributed by atoms with Crippen LogP contribution in [-0.2, 0) is 30.3 Å². The number of nitrogens with one attached hydrogen (secondary N) is 5. The number of thioether (sulfide) groups is 1. The predicted octanol–water partition coefficient (Wildman–Crippen LogP) is 4.76. The molecule has 14 heteroatoms. The third kappa shape index (κ3) is 8.47. The number of hydrogen-bond donors (Lipinski definition) is 5. The molecule has 3 aliphatic heterocycles. The summed E-state index contributed by atoms with van der Waals surface area (Å²) < 4.78 is 5.11. The molecular formula is C37H45ClN6O6S. The number of carbonyl (C=O) groups excluding carboxylic acids is 5. The Hall–Kier alpha value is -4.23. The Morgan fingerprint density at radius 3 is 2.51 bits per heavy atom. The van der Waals surface area contributed by atoms with Crippen LogP contribution in [0.2, 0.25) is 0 Å². The van der Waals surface area contributed by atoms with Crippen molar-refractivity contribution < 1.29 is 28.7 Å². The number of halogens is 1. The normalized spacial score (nSPS) is 22.1. The summed E-state index contributed by atoms with van der Waals surface area (Å²) in [6.07, 6.45) is 6.22. The molecule has 1 aromatic heterocycles. The highest BCUT2D eigenvalue weighted by Gasteiger charge is 2.44. The molecule has 5 amide bonds. The molecule has 0 radical (unpaired) electrons. The molecule has 0 aliphatic carbocycles. The molecular weight excluding hydrogens is 692 g/mol. The Kier molecular flexibility index (Phi) is 12.1. The van der Waals surface area contributed by atoms with Crippen LogP contribution in [0.1, 0.15) is 74.2 Å². The van der Waals surface area contributed by atoms with Crippen LogP contribution >= 0.6 is 23.4 Å². The lowest BCUT2D eigenvalue weighted by Gasteiger charge is -2.40. The number of ether oxygens (including phenoxy) is 1. The lowest BCUT2D eigenvalue weighted by Crippen LogP contribution is -2.52. The Morgan fingerprint density at radius 1 is 0.961 bits per heavy atom.